The number of carbonyl (C=O) groups excluding carboxylic acids is 1. The number of nitrogens with zero attached hydrogens (tertiary/aromatic N) is 3. The second kappa shape index (κ2) is 7.57. The maximum atomic E-state index is 12.8. The summed E-state index contributed by atoms with van der Waals surface area (Å²) in [6.45, 7) is 0. The Labute approximate surface area is 163 Å². The van der Waals surface area contributed by atoms with Crippen LogP contribution in [0.15, 0.2) is 64.3 Å². The fourth-order valence-corrected chi connectivity index (χ4v) is 4.83. The van der Waals surface area contributed by atoms with Crippen LogP contribution in [0.4, 0.5) is 5.13 Å². The average Bonchev–Trinajstić information content (AvgIpc) is 3.35. The summed E-state index contributed by atoms with van der Waals surface area (Å²) in [5.41, 5.74) is 4.50. The molecular weight excluding hydrogens is 382 g/mol. The van der Waals surface area contributed by atoms with Crippen LogP contribution < -0.4 is 4.90 Å². The minimum atomic E-state index is -0.0555. The SMILES string of the molecule is CN(C(=O)c1ccc(SCc2cscn2)cc1)c1nc2ccccc2s1. The normalized spacial score (nSPS) is 11.0. The molecule has 0 saturated carbocycles. The zero-order valence-corrected chi connectivity index (χ0v) is 16.4. The number of anilines is 1. The summed E-state index contributed by atoms with van der Waals surface area (Å²) < 4.78 is 1.08. The van der Waals surface area contributed by atoms with E-state index in [0.29, 0.717) is 10.7 Å². The molecule has 0 bridgehead atoms. The van der Waals surface area contributed by atoms with Gasteiger partial charge in [0.25, 0.3) is 5.91 Å². The van der Waals surface area contributed by atoms with Crippen molar-refractivity contribution < 1.29 is 4.79 Å². The molecule has 1 amide bonds. The molecule has 2 aromatic carbocycles. The predicted molar refractivity (Wildman–Crippen MR) is 110 cm³/mol. The minimum Gasteiger partial charge on any atom is -0.287 e. The number of amides is 1. The Bertz CT molecular complexity index is 993. The quantitative estimate of drug-likeness (QED) is 0.428. The summed E-state index contributed by atoms with van der Waals surface area (Å²) in [5.74, 6) is 0.780. The molecule has 0 aliphatic rings. The molecule has 2 aromatic heterocycles. The van der Waals surface area contributed by atoms with Gasteiger partial charge in [0, 0.05) is 28.6 Å². The van der Waals surface area contributed by atoms with E-state index < -0.39 is 0 Å². The van der Waals surface area contributed by atoms with E-state index in [9.17, 15) is 4.79 Å². The van der Waals surface area contributed by atoms with Crippen LogP contribution in [0.2, 0.25) is 0 Å². The van der Waals surface area contributed by atoms with Gasteiger partial charge < -0.3 is 0 Å². The summed E-state index contributed by atoms with van der Waals surface area (Å²) >= 11 is 4.84. The third kappa shape index (κ3) is 3.65. The molecule has 0 unspecified atom stereocenters. The van der Waals surface area contributed by atoms with Crippen molar-refractivity contribution in [3.63, 3.8) is 0 Å². The van der Waals surface area contributed by atoms with Crippen molar-refractivity contribution in [1.29, 1.82) is 0 Å². The Morgan fingerprint density at radius 3 is 2.69 bits per heavy atom. The van der Waals surface area contributed by atoms with Crippen molar-refractivity contribution in [2.75, 3.05) is 11.9 Å². The van der Waals surface area contributed by atoms with Crippen molar-refractivity contribution in [2.45, 2.75) is 10.6 Å². The molecule has 0 radical (unpaired) electrons. The number of aromatic nitrogens is 2. The molecule has 130 valence electrons. The predicted octanol–water partition coefficient (Wildman–Crippen LogP) is 5.32. The first-order valence-corrected chi connectivity index (χ1v) is 10.7. The molecule has 0 spiro atoms. The van der Waals surface area contributed by atoms with Crippen LogP contribution in [-0.2, 0) is 5.75 Å². The summed E-state index contributed by atoms with van der Waals surface area (Å²) in [6.07, 6.45) is 0. The van der Waals surface area contributed by atoms with E-state index >= 15 is 0 Å². The van der Waals surface area contributed by atoms with E-state index in [1.165, 1.54) is 11.3 Å². The third-order valence-corrected chi connectivity index (χ3v) is 6.64. The van der Waals surface area contributed by atoms with Crippen molar-refractivity contribution in [3.05, 3.63) is 70.7 Å². The van der Waals surface area contributed by atoms with Gasteiger partial charge in [-0.15, -0.1) is 23.1 Å². The molecule has 4 nitrogen and oxygen atoms in total. The Balaban J connectivity index is 1.46. The first-order chi connectivity index (χ1) is 12.7. The number of hydrogen-bond acceptors (Lipinski definition) is 6. The van der Waals surface area contributed by atoms with Gasteiger partial charge in [0.15, 0.2) is 5.13 Å². The molecule has 0 fully saturated rings. The standard InChI is InChI=1S/C19H15N3OS3/c1-22(19-21-16-4-2-3-5-17(16)26-19)18(23)13-6-8-15(9-7-13)25-11-14-10-24-12-20-14/h2-10,12H,11H2,1H3. The number of rotatable bonds is 5. The summed E-state index contributed by atoms with van der Waals surface area (Å²) in [7, 11) is 1.77. The summed E-state index contributed by atoms with van der Waals surface area (Å²) in [4.78, 5) is 24.3. The molecule has 2 heterocycles. The number of carbonyl (C=O) groups is 1. The highest BCUT2D eigenvalue weighted by atomic mass is 32.2. The van der Waals surface area contributed by atoms with Gasteiger partial charge in [-0.3, -0.25) is 9.69 Å². The van der Waals surface area contributed by atoms with Crippen molar-refractivity contribution >= 4 is 55.7 Å². The summed E-state index contributed by atoms with van der Waals surface area (Å²) in [6, 6.07) is 15.6. The van der Waals surface area contributed by atoms with E-state index in [1.54, 1.807) is 35.0 Å². The monoisotopic (exact) mass is 397 g/mol. The van der Waals surface area contributed by atoms with Gasteiger partial charge in [0.05, 0.1) is 21.4 Å². The molecule has 0 atom stereocenters. The maximum absolute atomic E-state index is 12.8. The van der Waals surface area contributed by atoms with Gasteiger partial charge in [-0.25, -0.2) is 9.97 Å². The lowest BCUT2D eigenvalue weighted by molar-refractivity contribution is 0.0993. The van der Waals surface area contributed by atoms with Crippen LogP contribution in [0.1, 0.15) is 16.1 Å². The molecule has 0 aliphatic heterocycles. The zero-order chi connectivity index (χ0) is 17.9. The topological polar surface area (TPSA) is 46.1 Å². The number of thioether (sulfide) groups is 1. The first kappa shape index (κ1) is 17.2. The fourth-order valence-electron chi connectivity index (χ4n) is 2.44. The maximum Gasteiger partial charge on any atom is 0.259 e. The van der Waals surface area contributed by atoms with Crippen molar-refractivity contribution in [3.8, 4) is 0 Å². The van der Waals surface area contributed by atoms with Gasteiger partial charge in [-0.05, 0) is 36.4 Å². The fraction of sp³-hybridized carbons (Fsp3) is 0.105. The molecule has 7 heteroatoms. The summed E-state index contributed by atoms with van der Waals surface area (Å²) in [5, 5.41) is 2.76. The average molecular weight is 398 g/mol. The van der Waals surface area contributed by atoms with Crippen LogP contribution in [0.3, 0.4) is 0 Å². The van der Waals surface area contributed by atoms with E-state index in [2.05, 4.69) is 15.3 Å². The zero-order valence-electron chi connectivity index (χ0n) is 14.0. The number of thiazole rings is 2. The van der Waals surface area contributed by atoms with Crippen LogP contribution in [0.5, 0.6) is 0 Å². The molecule has 0 saturated heterocycles. The lowest BCUT2D eigenvalue weighted by Crippen LogP contribution is -2.25. The Morgan fingerprint density at radius 2 is 1.96 bits per heavy atom. The lowest BCUT2D eigenvalue weighted by Gasteiger charge is -2.13. The minimum absolute atomic E-state index is 0.0555. The van der Waals surface area contributed by atoms with Gasteiger partial charge in [0.2, 0.25) is 0 Å². The second-order valence-corrected chi connectivity index (χ2v) is 8.40. The lowest BCUT2D eigenvalue weighted by atomic mass is 10.2. The van der Waals surface area contributed by atoms with Crippen LogP contribution in [0.25, 0.3) is 10.2 Å². The van der Waals surface area contributed by atoms with Gasteiger partial charge in [-0.1, -0.05) is 23.5 Å². The Kier molecular flexibility index (Phi) is 5.01. The van der Waals surface area contributed by atoms with Crippen LogP contribution in [0, 0.1) is 0 Å². The molecule has 4 rings (SSSR count). The number of para-hydroxylation sites is 1. The number of fused-ring (bicyclic) bond motifs is 1. The molecule has 4 aromatic rings. The van der Waals surface area contributed by atoms with E-state index in [-0.39, 0.29) is 5.91 Å². The molecule has 0 N–H and O–H groups in total. The highest BCUT2D eigenvalue weighted by molar-refractivity contribution is 7.98. The molecule has 0 aliphatic carbocycles. The second-order valence-electron chi connectivity index (χ2n) is 5.62. The van der Waals surface area contributed by atoms with Crippen molar-refractivity contribution in [1.82, 2.24) is 9.97 Å². The highest BCUT2D eigenvalue weighted by Crippen LogP contribution is 2.29. The van der Waals surface area contributed by atoms with Crippen molar-refractivity contribution in [2.24, 2.45) is 0 Å². The smallest absolute Gasteiger partial charge is 0.259 e. The van der Waals surface area contributed by atoms with E-state index in [1.807, 2.05) is 54.0 Å². The van der Waals surface area contributed by atoms with Gasteiger partial charge in [-0.2, -0.15) is 0 Å². The van der Waals surface area contributed by atoms with Crippen LogP contribution >= 0.6 is 34.4 Å². The van der Waals surface area contributed by atoms with E-state index in [4.69, 9.17) is 0 Å². The Morgan fingerprint density at radius 1 is 1.15 bits per heavy atom. The van der Waals surface area contributed by atoms with Crippen LogP contribution in [-0.4, -0.2) is 22.9 Å². The third-order valence-electron chi connectivity index (χ3n) is 3.85. The molecular formula is C19H15N3OS3. The number of benzene rings is 2. The largest absolute Gasteiger partial charge is 0.287 e. The first-order valence-electron chi connectivity index (χ1n) is 7.94. The Hall–Kier alpha value is -2.22. The van der Waals surface area contributed by atoms with Gasteiger partial charge in [0.1, 0.15) is 0 Å². The van der Waals surface area contributed by atoms with E-state index in [0.717, 1.165) is 26.6 Å². The van der Waals surface area contributed by atoms with Gasteiger partial charge >= 0.3 is 0 Å². The highest BCUT2D eigenvalue weighted by Gasteiger charge is 2.17. The number of hydrogen-bond donors (Lipinski definition) is 0. The molecule has 26 heavy (non-hydrogen) atoms.